The van der Waals surface area contributed by atoms with Crippen LogP contribution in [0.3, 0.4) is 0 Å². The van der Waals surface area contributed by atoms with Gasteiger partial charge in [0.25, 0.3) is 11.8 Å². The molecule has 0 aliphatic rings. The summed E-state index contributed by atoms with van der Waals surface area (Å²) in [5.41, 5.74) is 9.94. The number of aliphatic hydroxyl groups excluding tert-OH is 1. The molecule has 10 nitrogen and oxygen atoms in total. The molecule has 0 spiro atoms. The smallest absolute Gasteiger partial charge is 0.268 e. The number of carbonyl (C=O) groups excluding carboxylic acids is 4. The van der Waals surface area contributed by atoms with Crippen LogP contribution in [0.25, 0.3) is 11.1 Å². The quantitative estimate of drug-likeness (QED) is 0.208. The first-order valence-electron chi connectivity index (χ1n) is 10.9. The molecule has 10 heteroatoms. The lowest BCUT2D eigenvalue weighted by Crippen LogP contribution is -2.57. The lowest BCUT2D eigenvalue weighted by atomic mass is 10.0. The van der Waals surface area contributed by atoms with Crippen molar-refractivity contribution in [2.24, 2.45) is 5.73 Å². The van der Waals surface area contributed by atoms with Gasteiger partial charge >= 0.3 is 0 Å². The summed E-state index contributed by atoms with van der Waals surface area (Å²) in [6.07, 6.45) is -0.715. The minimum absolute atomic E-state index is 0.123. The van der Waals surface area contributed by atoms with Crippen LogP contribution >= 0.6 is 0 Å². The number of aliphatic hydroxyl groups is 1. The highest BCUT2D eigenvalue weighted by atomic mass is 16.5. The van der Waals surface area contributed by atoms with Crippen molar-refractivity contribution in [3.63, 3.8) is 0 Å². The number of hydrogen-bond acceptors (Lipinski definition) is 6. The largest absolute Gasteiger partial charge is 0.391 e. The van der Waals surface area contributed by atoms with E-state index in [1.54, 1.807) is 24.3 Å². The van der Waals surface area contributed by atoms with Gasteiger partial charge in [0.1, 0.15) is 12.1 Å². The summed E-state index contributed by atoms with van der Waals surface area (Å²) < 4.78 is 0. The number of aryl methyl sites for hydroxylation is 1. The SMILES string of the molecule is CCc1ccc(-c2ccc(C(=O)N[C@@H](CCC(N)=O)C(=O)N[C@H](C(=O)NO)[C@@H](C)O)cc2)cc1. The Morgan fingerprint density at radius 3 is 1.94 bits per heavy atom. The van der Waals surface area contributed by atoms with Gasteiger partial charge in [-0.3, -0.25) is 24.4 Å². The van der Waals surface area contributed by atoms with Crippen molar-refractivity contribution in [2.75, 3.05) is 0 Å². The molecule has 0 bridgehead atoms. The van der Waals surface area contributed by atoms with Crippen molar-refractivity contribution in [2.45, 2.75) is 51.3 Å². The third kappa shape index (κ3) is 7.39. The van der Waals surface area contributed by atoms with E-state index >= 15 is 0 Å². The van der Waals surface area contributed by atoms with Gasteiger partial charge in [0.05, 0.1) is 6.10 Å². The number of hydrogen-bond donors (Lipinski definition) is 6. The highest BCUT2D eigenvalue weighted by Gasteiger charge is 2.30. The minimum atomic E-state index is -1.47. The van der Waals surface area contributed by atoms with E-state index < -0.39 is 41.8 Å². The minimum Gasteiger partial charge on any atom is -0.391 e. The summed E-state index contributed by atoms with van der Waals surface area (Å²) in [5.74, 6) is -3.11. The van der Waals surface area contributed by atoms with Gasteiger partial charge in [-0.25, -0.2) is 5.48 Å². The number of nitrogens with one attached hydrogen (secondary N) is 3. The molecule has 0 unspecified atom stereocenters. The molecule has 0 fully saturated rings. The van der Waals surface area contributed by atoms with E-state index in [4.69, 9.17) is 10.9 Å². The number of benzene rings is 2. The Balaban J connectivity index is 2.15. The summed E-state index contributed by atoms with van der Waals surface area (Å²) in [6.45, 7) is 3.32. The summed E-state index contributed by atoms with van der Waals surface area (Å²) in [6, 6.07) is 12.2. The first-order valence-corrected chi connectivity index (χ1v) is 10.9. The summed E-state index contributed by atoms with van der Waals surface area (Å²) >= 11 is 0. The normalized spacial score (nSPS) is 13.3. The van der Waals surface area contributed by atoms with Gasteiger partial charge in [0.2, 0.25) is 11.8 Å². The molecule has 3 atom stereocenters. The Hall–Kier alpha value is -3.76. The number of primary amides is 1. The molecular formula is C24H30N4O6. The van der Waals surface area contributed by atoms with Crippen LogP contribution in [0.4, 0.5) is 0 Å². The molecule has 0 heterocycles. The molecule has 0 saturated carbocycles. The second-order valence-electron chi connectivity index (χ2n) is 7.86. The van der Waals surface area contributed by atoms with Crippen molar-refractivity contribution in [3.8, 4) is 11.1 Å². The zero-order chi connectivity index (χ0) is 25.3. The van der Waals surface area contributed by atoms with E-state index in [1.807, 2.05) is 24.3 Å². The van der Waals surface area contributed by atoms with E-state index in [0.29, 0.717) is 0 Å². The van der Waals surface area contributed by atoms with Gasteiger partial charge in [0, 0.05) is 12.0 Å². The zero-order valence-electron chi connectivity index (χ0n) is 19.1. The molecule has 0 aromatic heterocycles. The topological polar surface area (TPSA) is 171 Å². The predicted molar refractivity (Wildman–Crippen MR) is 124 cm³/mol. The molecular weight excluding hydrogens is 440 g/mol. The maximum Gasteiger partial charge on any atom is 0.268 e. The third-order valence-corrected chi connectivity index (χ3v) is 5.32. The maximum atomic E-state index is 12.8. The Morgan fingerprint density at radius 1 is 0.912 bits per heavy atom. The molecule has 0 aliphatic heterocycles. The Bertz CT molecular complexity index is 1010. The summed E-state index contributed by atoms with van der Waals surface area (Å²) in [5, 5.41) is 23.3. The van der Waals surface area contributed by atoms with Gasteiger partial charge < -0.3 is 21.5 Å². The second-order valence-corrected chi connectivity index (χ2v) is 7.86. The molecule has 7 N–H and O–H groups in total. The van der Waals surface area contributed by atoms with E-state index in [1.165, 1.54) is 18.0 Å². The van der Waals surface area contributed by atoms with Crippen LogP contribution in [-0.2, 0) is 20.8 Å². The Morgan fingerprint density at radius 2 is 1.47 bits per heavy atom. The second kappa shape index (κ2) is 12.5. The fourth-order valence-electron chi connectivity index (χ4n) is 3.27. The molecule has 2 aromatic rings. The zero-order valence-corrected chi connectivity index (χ0v) is 19.1. The van der Waals surface area contributed by atoms with Gasteiger partial charge in [0.15, 0.2) is 0 Å². The van der Waals surface area contributed by atoms with Crippen molar-refractivity contribution in [1.82, 2.24) is 16.1 Å². The van der Waals surface area contributed by atoms with E-state index in [9.17, 15) is 24.3 Å². The van der Waals surface area contributed by atoms with Crippen LogP contribution in [0.1, 0.15) is 42.6 Å². The average molecular weight is 471 g/mol. The van der Waals surface area contributed by atoms with Gasteiger partial charge in [-0.15, -0.1) is 0 Å². The van der Waals surface area contributed by atoms with Crippen LogP contribution in [0, 0.1) is 0 Å². The van der Waals surface area contributed by atoms with Gasteiger partial charge in [-0.1, -0.05) is 43.3 Å². The lowest BCUT2D eigenvalue weighted by Gasteiger charge is -2.23. The predicted octanol–water partition coefficient (Wildman–Crippen LogP) is 0.651. The molecule has 4 amide bonds. The average Bonchev–Trinajstić information content (AvgIpc) is 2.84. The fourth-order valence-corrected chi connectivity index (χ4v) is 3.27. The van der Waals surface area contributed by atoms with Crippen LogP contribution < -0.4 is 21.8 Å². The lowest BCUT2D eigenvalue weighted by molar-refractivity contribution is -0.138. The molecule has 182 valence electrons. The van der Waals surface area contributed by atoms with Crippen molar-refractivity contribution in [1.29, 1.82) is 0 Å². The molecule has 2 aromatic carbocycles. The standard InChI is InChI=1S/C24H30N4O6/c1-3-15-4-6-16(7-5-15)17-8-10-18(11-9-17)22(31)26-19(12-13-20(25)30)23(32)27-21(14(2)29)24(33)28-34/h4-11,14,19,21,29,34H,3,12-13H2,1-2H3,(H2,25,30)(H,26,31)(H,27,32)(H,28,33)/t14-,19+,21+/m1/s1. The van der Waals surface area contributed by atoms with E-state index in [0.717, 1.165) is 17.5 Å². The van der Waals surface area contributed by atoms with E-state index in [-0.39, 0.29) is 18.4 Å². The Labute approximate surface area is 197 Å². The van der Waals surface area contributed by atoms with Crippen LogP contribution in [-0.4, -0.2) is 52.1 Å². The van der Waals surface area contributed by atoms with Gasteiger partial charge in [-0.05, 0) is 48.6 Å². The highest BCUT2D eigenvalue weighted by molar-refractivity contribution is 5.98. The van der Waals surface area contributed by atoms with Gasteiger partial charge in [-0.2, -0.15) is 0 Å². The molecule has 2 rings (SSSR count). The monoisotopic (exact) mass is 470 g/mol. The maximum absolute atomic E-state index is 12.8. The first-order chi connectivity index (χ1) is 16.2. The third-order valence-electron chi connectivity index (χ3n) is 5.32. The number of amides is 4. The van der Waals surface area contributed by atoms with Crippen LogP contribution in [0.2, 0.25) is 0 Å². The summed E-state index contributed by atoms with van der Waals surface area (Å²) in [7, 11) is 0. The first kappa shape index (κ1) is 26.5. The number of hydroxylamine groups is 1. The number of nitrogens with two attached hydrogens (primary N) is 1. The molecule has 0 aliphatic carbocycles. The molecule has 0 saturated heterocycles. The molecule has 0 radical (unpaired) electrons. The van der Waals surface area contributed by atoms with Crippen molar-refractivity contribution >= 4 is 23.6 Å². The van der Waals surface area contributed by atoms with Crippen LogP contribution in [0.15, 0.2) is 48.5 Å². The Kier molecular flexibility index (Phi) is 9.72. The van der Waals surface area contributed by atoms with Crippen molar-refractivity contribution < 1.29 is 29.5 Å². The number of rotatable bonds is 11. The van der Waals surface area contributed by atoms with Crippen molar-refractivity contribution in [3.05, 3.63) is 59.7 Å². The van der Waals surface area contributed by atoms with E-state index in [2.05, 4.69) is 17.6 Å². The highest BCUT2D eigenvalue weighted by Crippen LogP contribution is 2.20. The summed E-state index contributed by atoms with van der Waals surface area (Å²) in [4.78, 5) is 48.4. The van der Waals surface area contributed by atoms with Crippen LogP contribution in [0.5, 0.6) is 0 Å². The fraction of sp³-hybridized carbons (Fsp3) is 0.333. The molecule has 34 heavy (non-hydrogen) atoms. The number of carbonyl (C=O) groups is 4.